The Morgan fingerprint density at radius 1 is 1.47 bits per heavy atom. The molecule has 1 aromatic heterocycles. The number of rotatable bonds is 5. The minimum atomic E-state index is -3.85. The molecule has 0 amide bonds. The largest absolute Gasteiger partial charge is 0.492 e. The van der Waals surface area contributed by atoms with Crippen LogP contribution in [0.3, 0.4) is 0 Å². The summed E-state index contributed by atoms with van der Waals surface area (Å²) < 4.78 is 31.9. The molecule has 2 aromatic rings. The van der Waals surface area contributed by atoms with Gasteiger partial charge in [0.05, 0.1) is 6.61 Å². The maximum Gasteiger partial charge on any atom is 0.267 e. The van der Waals surface area contributed by atoms with Crippen LogP contribution in [-0.4, -0.2) is 30.2 Å². The van der Waals surface area contributed by atoms with Crippen molar-refractivity contribution in [3.05, 3.63) is 29.5 Å². The van der Waals surface area contributed by atoms with Gasteiger partial charge in [-0.3, -0.25) is 0 Å². The van der Waals surface area contributed by atoms with Gasteiger partial charge >= 0.3 is 0 Å². The predicted octanol–water partition coefficient (Wildman–Crippen LogP) is 1.66. The van der Waals surface area contributed by atoms with Crippen LogP contribution < -0.4 is 9.46 Å². The number of benzene rings is 1. The van der Waals surface area contributed by atoms with E-state index in [2.05, 4.69) is 19.9 Å². The highest BCUT2D eigenvalue weighted by atomic mass is 35.5. The fraction of sp³-hybridized carbons (Fsp3) is 0.200. The first-order chi connectivity index (χ1) is 9.03. The van der Waals surface area contributed by atoms with E-state index in [-0.39, 0.29) is 16.6 Å². The lowest BCUT2D eigenvalue weighted by Gasteiger charge is -2.11. The Morgan fingerprint density at radius 3 is 2.89 bits per heavy atom. The lowest BCUT2D eigenvalue weighted by Crippen LogP contribution is -2.15. The summed E-state index contributed by atoms with van der Waals surface area (Å²) in [6.45, 7) is 2.10. The van der Waals surface area contributed by atoms with Gasteiger partial charge < -0.3 is 4.74 Å². The zero-order chi connectivity index (χ0) is 13.9. The number of sulfonamides is 1. The summed E-state index contributed by atoms with van der Waals surface area (Å²) in [4.78, 5) is 3.64. The van der Waals surface area contributed by atoms with Crippen LogP contribution in [0, 0.1) is 0 Å². The van der Waals surface area contributed by atoms with Crippen LogP contribution in [0.4, 0.5) is 5.95 Å². The van der Waals surface area contributed by atoms with Crippen LogP contribution in [-0.2, 0) is 10.0 Å². The van der Waals surface area contributed by atoms with Crippen molar-refractivity contribution >= 4 is 27.6 Å². The fourth-order valence-corrected chi connectivity index (χ4v) is 2.78. The van der Waals surface area contributed by atoms with Gasteiger partial charge in [-0.25, -0.2) is 18.2 Å². The molecule has 0 fully saturated rings. The summed E-state index contributed by atoms with van der Waals surface area (Å²) in [6, 6.07) is 4.37. The quantitative estimate of drug-likeness (QED) is 0.875. The molecule has 2 N–H and O–H groups in total. The SMILES string of the molecule is CCOc1ccc(Cl)cc1S(=O)(=O)Nc1ncn[nH]1. The first kappa shape index (κ1) is 13.6. The molecule has 0 bridgehead atoms. The summed E-state index contributed by atoms with van der Waals surface area (Å²) in [6.07, 6.45) is 1.19. The Morgan fingerprint density at radius 2 is 2.26 bits per heavy atom. The van der Waals surface area contributed by atoms with Gasteiger partial charge in [0, 0.05) is 5.02 Å². The minimum Gasteiger partial charge on any atom is -0.492 e. The zero-order valence-electron chi connectivity index (χ0n) is 9.92. The van der Waals surface area contributed by atoms with Crippen molar-refractivity contribution in [1.29, 1.82) is 0 Å². The van der Waals surface area contributed by atoms with Crippen molar-refractivity contribution in [2.24, 2.45) is 0 Å². The zero-order valence-corrected chi connectivity index (χ0v) is 11.5. The van der Waals surface area contributed by atoms with Gasteiger partial charge in [-0.15, -0.1) is 0 Å². The van der Waals surface area contributed by atoms with E-state index in [4.69, 9.17) is 16.3 Å². The summed E-state index contributed by atoms with van der Waals surface area (Å²) in [5, 5.41) is 6.25. The normalized spacial score (nSPS) is 11.3. The molecule has 0 spiro atoms. The maximum atomic E-state index is 12.2. The third-order valence-electron chi connectivity index (χ3n) is 2.14. The van der Waals surface area contributed by atoms with Gasteiger partial charge in [0.1, 0.15) is 17.0 Å². The highest BCUT2D eigenvalue weighted by molar-refractivity contribution is 7.92. The van der Waals surface area contributed by atoms with Crippen LogP contribution in [0.5, 0.6) is 5.75 Å². The third-order valence-corrected chi connectivity index (χ3v) is 3.74. The number of ether oxygens (including phenoxy) is 1. The summed E-state index contributed by atoms with van der Waals surface area (Å²) in [5.74, 6) is 0.237. The first-order valence-electron chi connectivity index (χ1n) is 5.33. The first-order valence-corrected chi connectivity index (χ1v) is 7.19. The summed E-state index contributed by atoms with van der Waals surface area (Å²) in [7, 11) is -3.85. The number of anilines is 1. The summed E-state index contributed by atoms with van der Waals surface area (Å²) >= 11 is 5.82. The Kier molecular flexibility index (Phi) is 3.91. The van der Waals surface area contributed by atoms with Gasteiger partial charge in [-0.1, -0.05) is 11.6 Å². The molecule has 102 valence electrons. The van der Waals surface area contributed by atoms with E-state index in [1.165, 1.54) is 18.5 Å². The van der Waals surface area contributed by atoms with Crippen LogP contribution in [0.15, 0.2) is 29.4 Å². The van der Waals surface area contributed by atoms with E-state index in [0.717, 1.165) is 0 Å². The molecule has 0 radical (unpaired) electrons. The summed E-state index contributed by atoms with van der Waals surface area (Å²) in [5.41, 5.74) is 0. The van der Waals surface area contributed by atoms with E-state index in [1.807, 2.05) is 0 Å². The molecule has 0 aliphatic carbocycles. The molecule has 0 aliphatic heterocycles. The molecule has 9 heteroatoms. The number of hydrogen-bond donors (Lipinski definition) is 2. The van der Waals surface area contributed by atoms with E-state index in [0.29, 0.717) is 11.6 Å². The number of halogens is 1. The number of aromatic nitrogens is 3. The van der Waals surface area contributed by atoms with Crippen molar-refractivity contribution in [2.75, 3.05) is 11.3 Å². The van der Waals surface area contributed by atoms with Crippen molar-refractivity contribution in [3.63, 3.8) is 0 Å². The smallest absolute Gasteiger partial charge is 0.267 e. The topological polar surface area (TPSA) is 97.0 Å². The molecule has 0 atom stereocenters. The third kappa shape index (κ3) is 3.15. The molecule has 0 unspecified atom stereocenters. The Labute approximate surface area is 115 Å². The molecule has 0 saturated carbocycles. The van der Waals surface area contributed by atoms with Crippen molar-refractivity contribution < 1.29 is 13.2 Å². The molecular weight excluding hydrogens is 292 g/mol. The van der Waals surface area contributed by atoms with Crippen LogP contribution in [0.1, 0.15) is 6.92 Å². The van der Waals surface area contributed by atoms with Gasteiger partial charge in [0.2, 0.25) is 5.95 Å². The Balaban J connectivity index is 2.41. The second-order valence-corrected chi connectivity index (χ2v) is 5.55. The molecule has 1 heterocycles. The van der Waals surface area contributed by atoms with Gasteiger partial charge in [0.15, 0.2) is 0 Å². The molecule has 2 rings (SSSR count). The molecule has 1 aromatic carbocycles. The molecule has 0 saturated heterocycles. The van der Waals surface area contributed by atoms with Gasteiger partial charge in [-0.05, 0) is 25.1 Å². The van der Waals surface area contributed by atoms with E-state index < -0.39 is 10.0 Å². The fourth-order valence-electron chi connectivity index (χ4n) is 1.40. The van der Waals surface area contributed by atoms with E-state index >= 15 is 0 Å². The Hall–Kier alpha value is -1.80. The standard InChI is InChI=1S/C10H11ClN4O3S/c1-2-18-8-4-3-7(11)5-9(8)19(16,17)15-10-12-6-13-14-10/h3-6H,2H2,1H3,(H2,12,13,14,15). The Bertz CT molecular complexity index is 657. The number of nitrogens with zero attached hydrogens (tertiary/aromatic N) is 2. The lowest BCUT2D eigenvalue weighted by molar-refractivity contribution is 0.331. The number of nitrogens with one attached hydrogen (secondary N) is 2. The lowest BCUT2D eigenvalue weighted by atomic mass is 10.3. The van der Waals surface area contributed by atoms with Gasteiger partial charge in [-0.2, -0.15) is 10.1 Å². The number of hydrogen-bond acceptors (Lipinski definition) is 5. The van der Waals surface area contributed by atoms with Crippen LogP contribution >= 0.6 is 11.6 Å². The molecule has 19 heavy (non-hydrogen) atoms. The highest BCUT2D eigenvalue weighted by Gasteiger charge is 2.21. The average molecular weight is 303 g/mol. The molecule has 0 aliphatic rings. The van der Waals surface area contributed by atoms with E-state index in [1.54, 1.807) is 13.0 Å². The molecular formula is C10H11ClN4O3S. The molecule has 7 nitrogen and oxygen atoms in total. The van der Waals surface area contributed by atoms with Gasteiger partial charge in [0.25, 0.3) is 10.0 Å². The van der Waals surface area contributed by atoms with Crippen LogP contribution in [0.25, 0.3) is 0 Å². The van der Waals surface area contributed by atoms with Crippen molar-refractivity contribution in [2.45, 2.75) is 11.8 Å². The average Bonchev–Trinajstić information content (AvgIpc) is 2.83. The predicted molar refractivity (Wildman–Crippen MR) is 69.8 cm³/mol. The van der Waals surface area contributed by atoms with Crippen molar-refractivity contribution in [1.82, 2.24) is 15.2 Å². The maximum absolute atomic E-state index is 12.2. The van der Waals surface area contributed by atoms with Crippen LogP contribution in [0.2, 0.25) is 5.02 Å². The monoisotopic (exact) mass is 302 g/mol. The number of aromatic amines is 1. The second kappa shape index (κ2) is 5.45. The minimum absolute atomic E-state index is 0.0161. The number of H-pyrrole nitrogens is 1. The second-order valence-electron chi connectivity index (χ2n) is 3.46. The van der Waals surface area contributed by atoms with Crippen molar-refractivity contribution in [3.8, 4) is 5.75 Å². The van der Waals surface area contributed by atoms with E-state index in [9.17, 15) is 8.42 Å². The highest BCUT2D eigenvalue weighted by Crippen LogP contribution is 2.28.